The van der Waals surface area contributed by atoms with Crippen LogP contribution in [0.25, 0.3) is 0 Å². The summed E-state index contributed by atoms with van der Waals surface area (Å²) in [5.74, 6) is -0.0586. The van der Waals surface area contributed by atoms with Gasteiger partial charge >= 0.3 is 6.09 Å². The summed E-state index contributed by atoms with van der Waals surface area (Å²) in [5.41, 5.74) is 6.51. The number of carbonyl (C=O) groups is 1. The molecule has 0 saturated heterocycles. The zero-order valence-electron chi connectivity index (χ0n) is 9.75. The SMILES string of the molecule is CCOC(=O)N(C)c1ccccc1C(N)=NO. The molecule has 0 aliphatic carbocycles. The fourth-order valence-corrected chi connectivity index (χ4v) is 1.36. The van der Waals surface area contributed by atoms with Gasteiger partial charge in [-0.05, 0) is 19.1 Å². The number of nitrogens with two attached hydrogens (primary N) is 1. The van der Waals surface area contributed by atoms with Gasteiger partial charge in [0.05, 0.1) is 12.3 Å². The summed E-state index contributed by atoms with van der Waals surface area (Å²) < 4.78 is 4.87. The maximum absolute atomic E-state index is 11.6. The van der Waals surface area contributed by atoms with Gasteiger partial charge in [-0.25, -0.2) is 4.79 Å². The summed E-state index contributed by atoms with van der Waals surface area (Å²) in [4.78, 5) is 12.9. The number of para-hydroxylation sites is 1. The Morgan fingerprint density at radius 3 is 2.76 bits per heavy atom. The molecule has 0 atom stereocenters. The van der Waals surface area contributed by atoms with Gasteiger partial charge in [-0.1, -0.05) is 17.3 Å². The molecule has 0 bridgehead atoms. The Morgan fingerprint density at radius 1 is 1.53 bits per heavy atom. The average Bonchev–Trinajstić information content (AvgIpc) is 2.37. The lowest BCUT2D eigenvalue weighted by Crippen LogP contribution is -2.29. The Hall–Kier alpha value is -2.24. The highest BCUT2D eigenvalue weighted by Crippen LogP contribution is 2.19. The molecule has 17 heavy (non-hydrogen) atoms. The third-order valence-electron chi connectivity index (χ3n) is 2.19. The van der Waals surface area contributed by atoms with E-state index in [-0.39, 0.29) is 12.4 Å². The van der Waals surface area contributed by atoms with E-state index in [1.54, 1.807) is 38.2 Å². The molecular weight excluding hydrogens is 222 g/mol. The van der Waals surface area contributed by atoms with Crippen molar-refractivity contribution in [1.29, 1.82) is 0 Å². The van der Waals surface area contributed by atoms with Crippen LogP contribution < -0.4 is 10.6 Å². The van der Waals surface area contributed by atoms with Gasteiger partial charge in [0.25, 0.3) is 0 Å². The highest BCUT2D eigenvalue weighted by atomic mass is 16.6. The average molecular weight is 237 g/mol. The molecule has 0 aliphatic rings. The normalized spacial score (nSPS) is 11.1. The van der Waals surface area contributed by atoms with E-state index >= 15 is 0 Å². The minimum atomic E-state index is -0.495. The number of nitrogens with zero attached hydrogens (tertiary/aromatic N) is 2. The van der Waals surface area contributed by atoms with Crippen LogP contribution in [0.4, 0.5) is 10.5 Å². The van der Waals surface area contributed by atoms with Crippen LogP contribution in [0.2, 0.25) is 0 Å². The van der Waals surface area contributed by atoms with E-state index in [1.807, 2.05) is 0 Å². The van der Waals surface area contributed by atoms with E-state index in [4.69, 9.17) is 15.7 Å². The van der Waals surface area contributed by atoms with Crippen LogP contribution in [0.5, 0.6) is 0 Å². The van der Waals surface area contributed by atoms with Crippen molar-refractivity contribution in [3.63, 3.8) is 0 Å². The Bertz CT molecular complexity index is 432. The first-order chi connectivity index (χ1) is 8.11. The quantitative estimate of drug-likeness (QED) is 0.359. The van der Waals surface area contributed by atoms with Gasteiger partial charge in [0.15, 0.2) is 5.84 Å². The van der Waals surface area contributed by atoms with Gasteiger partial charge in [0.1, 0.15) is 0 Å². The summed E-state index contributed by atoms with van der Waals surface area (Å²) >= 11 is 0. The van der Waals surface area contributed by atoms with Crippen LogP contribution in [0.3, 0.4) is 0 Å². The van der Waals surface area contributed by atoms with E-state index in [0.717, 1.165) is 0 Å². The Morgan fingerprint density at radius 2 is 2.18 bits per heavy atom. The van der Waals surface area contributed by atoms with Gasteiger partial charge in [-0.15, -0.1) is 0 Å². The number of amidine groups is 1. The minimum Gasteiger partial charge on any atom is -0.449 e. The summed E-state index contributed by atoms with van der Waals surface area (Å²) in [5, 5.41) is 11.6. The van der Waals surface area contributed by atoms with Crippen molar-refractivity contribution in [1.82, 2.24) is 0 Å². The lowest BCUT2D eigenvalue weighted by atomic mass is 10.1. The van der Waals surface area contributed by atoms with Gasteiger partial charge in [-0.2, -0.15) is 0 Å². The number of rotatable bonds is 3. The number of amides is 1. The van der Waals surface area contributed by atoms with Crippen molar-refractivity contribution in [2.24, 2.45) is 10.9 Å². The second-order valence-electron chi connectivity index (χ2n) is 3.26. The molecule has 1 aromatic rings. The molecule has 0 aliphatic heterocycles. The molecule has 92 valence electrons. The fraction of sp³-hybridized carbons (Fsp3) is 0.273. The first-order valence-electron chi connectivity index (χ1n) is 5.09. The van der Waals surface area contributed by atoms with Crippen LogP contribution in [-0.4, -0.2) is 30.8 Å². The molecule has 1 rings (SSSR count). The topological polar surface area (TPSA) is 88.2 Å². The lowest BCUT2D eigenvalue weighted by Gasteiger charge is -2.19. The van der Waals surface area contributed by atoms with E-state index in [0.29, 0.717) is 11.3 Å². The van der Waals surface area contributed by atoms with Crippen LogP contribution in [0.1, 0.15) is 12.5 Å². The van der Waals surface area contributed by atoms with Crippen LogP contribution in [0, 0.1) is 0 Å². The minimum absolute atomic E-state index is 0.0586. The van der Waals surface area contributed by atoms with Crippen molar-refractivity contribution in [3.8, 4) is 0 Å². The summed E-state index contributed by atoms with van der Waals surface area (Å²) in [7, 11) is 1.56. The van der Waals surface area contributed by atoms with E-state index in [2.05, 4.69) is 5.16 Å². The molecule has 0 unspecified atom stereocenters. The molecule has 3 N–H and O–H groups in total. The molecule has 6 nitrogen and oxygen atoms in total. The molecular formula is C11H15N3O3. The highest BCUT2D eigenvalue weighted by molar-refractivity contribution is 6.05. The number of hydrogen-bond donors (Lipinski definition) is 2. The standard InChI is InChI=1S/C11H15N3O3/c1-3-17-11(15)14(2)9-7-5-4-6-8(9)10(12)13-16/h4-7,16H,3H2,1-2H3,(H2,12,13). The largest absolute Gasteiger partial charge is 0.449 e. The van der Waals surface area contributed by atoms with E-state index < -0.39 is 6.09 Å². The Balaban J connectivity index is 3.09. The Kier molecular flexibility index (Phi) is 4.33. The van der Waals surface area contributed by atoms with E-state index in [9.17, 15) is 4.79 Å². The predicted molar refractivity (Wildman–Crippen MR) is 64.4 cm³/mol. The van der Waals surface area contributed by atoms with Gasteiger partial charge in [0, 0.05) is 12.6 Å². The van der Waals surface area contributed by atoms with Crippen molar-refractivity contribution < 1.29 is 14.7 Å². The molecule has 0 spiro atoms. The molecule has 0 radical (unpaired) electrons. The van der Waals surface area contributed by atoms with Gasteiger partial charge in [-0.3, -0.25) is 4.90 Å². The molecule has 6 heteroatoms. The van der Waals surface area contributed by atoms with Crippen molar-refractivity contribution in [3.05, 3.63) is 29.8 Å². The van der Waals surface area contributed by atoms with Crippen molar-refractivity contribution >= 4 is 17.6 Å². The monoisotopic (exact) mass is 237 g/mol. The van der Waals surface area contributed by atoms with Gasteiger partial charge < -0.3 is 15.7 Å². The molecule has 0 heterocycles. The second kappa shape index (κ2) is 5.74. The number of hydrogen-bond acceptors (Lipinski definition) is 4. The van der Waals surface area contributed by atoms with Crippen molar-refractivity contribution in [2.75, 3.05) is 18.6 Å². The smallest absolute Gasteiger partial charge is 0.414 e. The predicted octanol–water partition coefficient (Wildman–Crippen LogP) is 1.37. The third-order valence-corrected chi connectivity index (χ3v) is 2.19. The van der Waals surface area contributed by atoms with Crippen molar-refractivity contribution in [2.45, 2.75) is 6.92 Å². The van der Waals surface area contributed by atoms with E-state index in [1.165, 1.54) is 4.90 Å². The first-order valence-corrected chi connectivity index (χ1v) is 5.09. The van der Waals surface area contributed by atoms with Gasteiger partial charge in [0.2, 0.25) is 0 Å². The highest BCUT2D eigenvalue weighted by Gasteiger charge is 2.16. The maximum atomic E-state index is 11.6. The number of anilines is 1. The van der Waals surface area contributed by atoms with Crippen LogP contribution in [-0.2, 0) is 4.74 Å². The zero-order chi connectivity index (χ0) is 12.8. The summed E-state index contributed by atoms with van der Waals surface area (Å²) in [6.45, 7) is 2.01. The Labute approximate surface area is 99.3 Å². The number of carbonyl (C=O) groups excluding carboxylic acids is 1. The molecule has 1 amide bonds. The maximum Gasteiger partial charge on any atom is 0.414 e. The zero-order valence-corrected chi connectivity index (χ0v) is 9.75. The number of benzene rings is 1. The summed E-state index contributed by atoms with van der Waals surface area (Å²) in [6, 6.07) is 6.82. The molecule has 0 saturated carbocycles. The number of oxime groups is 1. The summed E-state index contributed by atoms with van der Waals surface area (Å²) in [6.07, 6.45) is -0.495. The molecule has 1 aromatic carbocycles. The lowest BCUT2D eigenvalue weighted by molar-refractivity contribution is 0.161. The second-order valence-corrected chi connectivity index (χ2v) is 3.26. The first kappa shape index (κ1) is 12.8. The molecule has 0 fully saturated rings. The molecule has 0 aromatic heterocycles. The van der Waals surface area contributed by atoms with Crippen LogP contribution >= 0.6 is 0 Å². The van der Waals surface area contributed by atoms with Crippen LogP contribution in [0.15, 0.2) is 29.4 Å². The fourth-order valence-electron chi connectivity index (χ4n) is 1.36. The number of ether oxygens (including phenoxy) is 1. The third kappa shape index (κ3) is 2.87.